The van der Waals surface area contributed by atoms with Crippen LogP contribution in [0.5, 0.6) is 11.5 Å². The molecule has 2 N–H and O–H groups in total. The van der Waals surface area contributed by atoms with Gasteiger partial charge in [-0.1, -0.05) is 0 Å². The molecule has 0 fully saturated rings. The molecular formula is C12H13F3N2O3. The molecule has 0 bridgehead atoms. The summed E-state index contributed by atoms with van der Waals surface area (Å²) < 4.78 is 46.4. The van der Waals surface area contributed by atoms with Gasteiger partial charge < -0.3 is 20.1 Å². The van der Waals surface area contributed by atoms with Gasteiger partial charge in [0.15, 0.2) is 11.5 Å². The van der Waals surface area contributed by atoms with Crippen LogP contribution >= 0.6 is 0 Å². The number of amides is 1. The highest BCUT2D eigenvalue weighted by Gasteiger charge is 2.27. The van der Waals surface area contributed by atoms with Gasteiger partial charge in [-0.05, 0) is 12.1 Å². The average Bonchev–Trinajstić information content (AvgIpc) is 2.42. The number of alkyl halides is 3. The summed E-state index contributed by atoms with van der Waals surface area (Å²) in [5.41, 5.74) is 0.566. The predicted molar refractivity (Wildman–Crippen MR) is 65.0 cm³/mol. The van der Waals surface area contributed by atoms with Crippen molar-refractivity contribution < 1.29 is 27.4 Å². The fourth-order valence-corrected chi connectivity index (χ4v) is 1.60. The molecule has 110 valence electrons. The average molecular weight is 290 g/mol. The standard InChI is InChI=1S/C12H13F3N2O3/c13-12(14,15)7-17-11(18)6-16-8-1-2-9-10(5-8)20-4-3-19-9/h1-2,5,16H,3-4,6-7H2,(H,17,18). The molecule has 0 aliphatic carbocycles. The molecule has 2 rings (SSSR count). The lowest BCUT2D eigenvalue weighted by molar-refractivity contribution is -0.137. The Labute approximate surface area is 113 Å². The summed E-state index contributed by atoms with van der Waals surface area (Å²) in [6.45, 7) is -0.688. The summed E-state index contributed by atoms with van der Waals surface area (Å²) in [5.74, 6) is 0.400. The molecule has 0 saturated carbocycles. The molecule has 0 radical (unpaired) electrons. The summed E-state index contributed by atoms with van der Waals surface area (Å²) >= 11 is 0. The molecule has 5 nitrogen and oxygen atoms in total. The highest BCUT2D eigenvalue weighted by molar-refractivity contribution is 5.80. The Kier molecular flexibility index (Phi) is 4.21. The van der Waals surface area contributed by atoms with E-state index in [0.717, 1.165) is 0 Å². The summed E-state index contributed by atoms with van der Waals surface area (Å²) in [4.78, 5) is 11.2. The van der Waals surface area contributed by atoms with E-state index in [4.69, 9.17) is 9.47 Å². The number of carbonyl (C=O) groups excluding carboxylic acids is 1. The van der Waals surface area contributed by atoms with E-state index in [1.807, 2.05) is 0 Å². The number of fused-ring (bicyclic) bond motifs is 1. The van der Waals surface area contributed by atoms with E-state index in [1.165, 1.54) is 0 Å². The Morgan fingerprint density at radius 3 is 2.60 bits per heavy atom. The normalized spacial score (nSPS) is 13.8. The van der Waals surface area contributed by atoms with E-state index < -0.39 is 18.6 Å². The van der Waals surface area contributed by atoms with Crippen LogP contribution in [0.4, 0.5) is 18.9 Å². The summed E-state index contributed by atoms with van der Waals surface area (Å²) in [6.07, 6.45) is -4.41. The Morgan fingerprint density at radius 2 is 1.90 bits per heavy atom. The van der Waals surface area contributed by atoms with Crippen LogP contribution in [0.3, 0.4) is 0 Å². The molecule has 0 atom stereocenters. The van der Waals surface area contributed by atoms with Crippen LogP contribution < -0.4 is 20.1 Å². The third-order valence-electron chi connectivity index (χ3n) is 2.48. The van der Waals surface area contributed by atoms with Crippen LogP contribution in [-0.4, -0.2) is 38.4 Å². The van der Waals surface area contributed by atoms with Crippen LogP contribution in [0.25, 0.3) is 0 Å². The van der Waals surface area contributed by atoms with Gasteiger partial charge in [0.05, 0.1) is 6.54 Å². The summed E-state index contributed by atoms with van der Waals surface area (Å²) in [5, 5.41) is 4.49. The third kappa shape index (κ3) is 4.22. The van der Waals surface area contributed by atoms with Crippen LogP contribution in [0.2, 0.25) is 0 Å². The number of nitrogens with one attached hydrogen (secondary N) is 2. The van der Waals surface area contributed by atoms with Crippen molar-refractivity contribution in [2.45, 2.75) is 6.18 Å². The van der Waals surface area contributed by atoms with E-state index in [9.17, 15) is 18.0 Å². The smallest absolute Gasteiger partial charge is 0.405 e. The molecule has 1 amide bonds. The van der Waals surface area contributed by atoms with Gasteiger partial charge in [0.1, 0.15) is 19.8 Å². The number of anilines is 1. The van der Waals surface area contributed by atoms with Gasteiger partial charge in [-0.25, -0.2) is 0 Å². The van der Waals surface area contributed by atoms with Gasteiger partial charge >= 0.3 is 6.18 Å². The van der Waals surface area contributed by atoms with Crippen LogP contribution in [0.15, 0.2) is 18.2 Å². The van der Waals surface area contributed by atoms with Gasteiger partial charge in [-0.3, -0.25) is 4.79 Å². The van der Waals surface area contributed by atoms with E-state index in [-0.39, 0.29) is 6.54 Å². The predicted octanol–water partition coefficient (Wildman–Crippen LogP) is 1.55. The van der Waals surface area contributed by atoms with Crippen LogP contribution in [-0.2, 0) is 4.79 Å². The quantitative estimate of drug-likeness (QED) is 0.883. The van der Waals surface area contributed by atoms with Crippen molar-refractivity contribution in [3.05, 3.63) is 18.2 Å². The topological polar surface area (TPSA) is 59.6 Å². The molecule has 1 aliphatic heterocycles. The van der Waals surface area contributed by atoms with E-state index >= 15 is 0 Å². The van der Waals surface area contributed by atoms with Crippen LogP contribution in [0, 0.1) is 0 Å². The molecule has 1 aromatic rings. The van der Waals surface area contributed by atoms with Crippen LogP contribution in [0.1, 0.15) is 0 Å². The minimum atomic E-state index is -4.41. The number of rotatable bonds is 4. The minimum absolute atomic E-state index is 0.254. The van der Waals surface area contributed by atoms with Gasteiger partial charge in [0.2, 0.25) is 5.91 Å². The molecule has 20 heavy (non-hydrogen) atoms. The third-order valence-corrected chi connectivity index (χ3v) is 2.48. The Bertz CT molecular complexity index is 491. The van der Waals surface area contributed by atoms with E-state index in [0.29, 0.717) is 30.4 Å². The lowest BCUT2D eigenvalue weighted by Crippen LogP contribution is -2.37. The second-order valence-corrected chi connectivity index (χ2v) is 4.10. The molecule has 0 aromatic heterocycles. The minimum Gasteiger partial charge on any atom is -0.486 e. The van der Waals surface area contributed by atoms with E-state index in [1.54, 1.807) is 23.5 Å². The van der Waals surface area contributed by atoms with Crippen molar-refractivity contribution in [2.75, 3.05) is 31.6 Å². The summed E-state index contributed by atoms with van der Waals surface area (Å²) in [7, 11) is 0. The zero-order chi connectivity index (χ0) is 14.6. The maximum absolute atomic E-state index is 11.9. The second-order valence-electron chi connectivity index (χ2n) is 4.10. The Hall–Kier alpha value is -2.12. The molecule has 1 heterocycles. The van der Waals surface area contributed by atoms with Crippen molar-refractivity contribution in [1.82, 2.24) is 5.32 Å². The number of ether oxygens (including phenoxy) is 2. The molecular weight excluding hydrogens is 277 g/mol. The molecule has 1 aliphatic rings. The van der Waals surface area contributed by atoms with Gasteiger partial charge in [0, 0.05) is 11.8 Å². The first-order chi connectivity index (χ1) is 9.44. The maximum atomic E-state index is 11.9. The number of halogens is 3. The number of hydrogen-bond acceptors (Lipinski definition) is 4. The van der Waals surface area contributed by atoms with Crippen molar-refractivity contribution in [2.24, 2.45) is 0 Å². The number of benzene rings is 1. The van der Waals surface area contributed by atoms with Gasteiger partial charge in [0.25, 0.3) is 0 Å². The fraction of sp³-hybridized carbons (Fsp3) is 0.417. The molecule has 8 heteroatoms. The fourth-order valence-electron chi connectivity index (χ4n) is 1.60. The highest BCUT2D eigenvalue weighted by atomic mass is 19.4. The summed E-state index contributed by atoms with van der Waals surface area (Å²) in [6, 6.07) is 4.96. The first-order valence-corrected chi connectivity index (χ1v) is 5.91. The SMILES string of the molecule is O=C(CNc1ccc2c(c1)OCCO2)NCC(F)(F)F. The second kappa shape index (κ2) is 5.89. The lowest BCUT2D eigenvalue weighted by Gasteiger charge is -2.19. The van der Waals surface area contributed by atoms with Crippen molar-refractivity contribution in [3.63, 3.8) is 0 Å². The highest BCUT2D eigenvalue weighted by Crippen LogP contribution is 2.32. The van der Waals surface area contributed by atoms with Crippen molar-refractivity contribution in [3.8, 4) is 11.5 Å². The molecule has 0 unspecified atom stereocenters. The van der Waals surface area contributed by atoms with E-state index in [2.05, 4.69) is 5.32 Å². The van der Waals surface area contributed by atoms with Crippen molar-refractivity contribution in [1.29, 1.82) is 0 Å². The maximum Gasteiger partial charge on any atom is 0.405 e. The molecule has 0 spiro atoms. The zero-order valence-electron chi connectivity index (χ0n) is 10.4. The Balaban J connectivity index is 1.83. The zero-order valence-corrected chi connectivity index (χ0v) is 10.4. The first-order valence-electron chi connectivity index (χ1n) is 5.91. The first kappa shape index (κ1) is 14.3. The number of hydrogen-bond donors (Lipinski definition) is 2. The lowest BCUT2D eigenvalue weighted by atomic mass is 10.2. The van der Waals surface area contributed by atoms with Crippen molar-refractivity contribution >= 4 is 11.6 Å². The largest absolute Gasteiger partial charge is 0.486 e. The Morgan fingerprint density at radius 1 is 1.20 bits per heavy atom. The monoisotopic (exact) mass is 290 g/mol. The van der Waals surface area contributed by atoms with Gasteiger partial charge in [-0.15, -0.1) is 0 Å². The number of carbonyl (C=O) groups is 1. The van der Waals surface area contributed by atoms with Gasteiger partial charge in [-0.2, -0.15) is 13.2 Å². The molecule has 0 saturated heterocycles. The molecule has 1 aromatic carbocycles.